The normalized spacial score (nSPS) is 10.9. The van der Waals surface area contributed by atoms with Gasteiger partial charge in [-0.05, 0) is 50.1 Å². The van der Waals surface area contributed by atoms with Gasteiger partial charge in [-0.15, -0.1) is 0 Å². The molecule has 1 aromatic heterocycles. The second-order valence-corrected chi connectivity index (χ2v) is 6.56. The minimum Gasteiger partial charge on any atom is -0.394 e. The zero-order chi connectivity index (χ0) is 17.5. The van der Waals surface area contributed by atoms with Crippen molar-refractivity contribution in [1.82, 2.24) is 4.98 Å². The van der Waals surface area contributed by atoms with Gasteiger partial charge in [-0.2, -0.15) is 0 Å². The molecule has 0 spiro atoms. The van der Waals surface area contributed by atoms with E-state index in [1.54, 1.807) is 0 Å². The van der Waals surface area contributed by atoms with E-state index in [1.807, 2.05) is 37.3 Å². The Balaban J connectivity index is 2.23. The highest BCUT2D eigenvalue weighted by Gasteiger charge is 2.13. The summed E-state index contributed by atoms with van der Waals surface area (Å²) in [6.45, 7) is 6.39. The highest BCUT2D eigenvalue weighted by molar-refractivity contribution is 6.30. The van der Waals surface area contributed by atoms with Gasteiger partial charge in [0.2, 0.25) is 0 Å². The molecule has 1 aromatic carbocycles. The average molecular weight is 347 g/mol. The summed E-state index contributed by atoms with van der Waals surface area (Å²) >= 11 is 5.93. The number of nitrogens with two attached hydrogens (primary N) is 1. The van der Waals surface area contributed by atoms with Gasteiger partial charge in [0.05, 0.1) is 11.4 Å². The van der Waals surface area contributed by atoms with E-state index < -0.39 is 0 Å². The van der Waals surface area contributed by atoms with Crippen LogP contribution in [0.3, 0.4) is 0 Å². The molecule has 0 saturated carbocycles. The third-order valence-corrected chi connectivity index (χ3v) is 4.18. The Hall–Kier alpha value is -1.94. The van der Waals surface area contributed by atoms with Crippen molar-refractivity contribution < 1.29 is 0 Å². The molecule has 0 amide bonds. The molecule has 24 heavy (non-hydrogen) atoms. The van der Waals surface area contributed by atoms with Crippen molar-refractivity contribution in [2.75, 3.05) is 16.4 Å². The molecule has 0 radical (unpaired) electrons. The van der Waals surface area contributed by atoms with Gasteiger partial charge in [-0.25, -0.2) is 4.98 Å². The Labute approximate surface area is 149 Å². The van der Waals surface area contributed by atoms with Crippen LogP contribution in [-0.4, -0.2) is 11.0 Å². The molecule has 0 aliphatic heterocycles. The minimum atomic E-state index is 0.437. The van der Waals surface area contributed by atoms with E-state index in [4.69, 9.17) is 17.3 Å². The van der Waals surface area contributed by atoms with Gasteiger partial charge in [-0.1, -0.05) is 38.3 Å². The lowest BCUT2D eigenvalue weighted by Gasteiger charge is -2.21. The van der Waals surface area contributed by atoms with Crippen LogP contribution in [0.15, 0.2) is 30.3 Å². The molecule has 4 nitrogen and oxygen atoms in total. The van der Waals surface area contributed by atoms with Crippen molar-refractivity contribution in [3.05, 3.63) is 41.0 Å². The predicted molar refractivity (Wildman–Crippen MR) is 105 cm³/mol. The molecule has 0 atom stereocenters. The zero-order valence-corrected chi connectivity index (χ0v) is 15.5. The van der Waals surface area contributed by atoms with Crippen molar-refractivity contribution in [2.45, 2.75) is 52.5 Å². The topological polar surface area (TPSA) is 63.0 Å². The Morgan fingerprint density at radius 2 is 1.75 bits per heavy atom. The first-order valence-corrected chi connectivity index (χ1v) is 8.97. The van der Waals surface area contributed by atoms with Crippen LogP contribution >= 0.6 is 11.6 Å². The molecule has 0 fully saturated rings. The van der Waals surface area contributed by atoms with E-state index in [1.165, 1.54) is 0 Å². The van der Waals surface area contributed by atoms with Gasteiger partial charge in [0.1, 0.15) is 0 Å². The zero-order valence-electron chi connectivity index (χ0n) is 14.7. The lowest BCUT2D eigenvalue weighted by Crippen LogP contribution is -2.20. The average Bonchev–Trinajstić information content (AvgIpc) is 2.54. The number of hydrogen-bond donors (Lipinski definition) is 3. The highest BCUT2D eigenvalue weighted by Crippen LogP contribution is 2.30. The Kier molecular flexibility index (Phi) is 6.73. The third-order valence-electron chi connectivity index (χ3n) is 3.93. The van der Waals surface area contributed by atoms with E-state index in [-0.39, 0.29) is 0 Å². The first kappa shape index (κ1) is 18.4. The van der Waals surface area contributed by atoms with Crippen LogP contribution in [-0.2, 0) is 0 Å². The molecule has 0 unspecified atom stereocenters. The summed E-state index contributed by atoms with van der Waals surface area (Å²) in [4.78, 5) is 4.54. The van der Waals surface area contributed by atoms with Crippen LogP contribution in [0.2, 0.25) is 5.02 Å². The van der Waals surface area contributed by atoms with Crippen molar-refractivity contribution in [1.29, 1.82) is 0 Å². The van der Waals surface area contributed by atoms with Crippen LogP contribution in [0.4, 0.5) is 22.9 Å². The molecule has 130 valence electrons. The van der Waals surface area contributed by atoms with E-state index in [0.29, 0.717) is 22.6 Å². The molecule has 4 N–H and O–H groups in total. The summed E-state index contributed by atoms with van der Waals surface area (Å²) in [6, 6.07) is 9.96. The first-order chi connectivity index (χ1) is 11.5. The molecule has 1 heterocycles. The molecular weight excluding hydrogens is 320 g/mol. The van der Waals surface area contributed by atoms with Gasteiger partial charge >= 0.3 is 0 Å². The number of anilines is 4. The van der Waals surface area contributed by atoms with Gasteiger partial charge in [0, 0.05) is 22.4 Å². The fourth-order valence-electron chi connectivity index (χ4n) is 2.77. The molecule has 0 bridgehead atoms. The fraction of sp³-hybridized carbons (Fsp3) is 0.421. The van der Waals surface area contributed by atoms with Gasteiger partial charge in [0.25, 0.3) is 0 Å². The van der Waals surface area contributed by atoms with Crippen LogP contribution in [0.25, 0.3) is 0 Å². The van der Waals surface area contributed by atoms with Crippen molar-refractivity contribution >= 4 is 34.5 Å². The lowest BCUT2D eigenvalue weighted by molar-refractivity contribution is 0.586. The Bertz CT molecular complexity index is 649. The molecule has 0 aliphatic rings. The number of nitrogen functional groups attached to an aromatic ring is 1. The molecule has 0 aliphatic carbocycles. The summed E-state index contributed by atoms with van der Waals surface area (Å²) in [6.07, 6.45) is 4.57. The quantitative estimate of drug-likeness (QED) is 0.569. The standard InChI is InChI=1S/C19H27ClN4/c1-4-6-15(7-5-2)23-17-12-13(3)22-19(18(17)21)24-16-10-8-14(20)9-11-16/h8-12,15H,4-7,21H2,1-3H3,(H2,22,23,24). The van der Waals surface area contributed by atoms with E-state index >= 15 is 0 Å². The van der Waals surface area contributed by atoms with E-state index in [9.17, 15) is 0 Å². The SMILES string of the molecule is CCCC(CCC)Nc1cc(C)nc(Nc2ccc(Cl)cc2)c1N. The van der Waals surface area contributed by atoms with Gasteiger partial charge < -0.3 is 16.4 Å². The fourth-order valence-corrected chi connectivity index (χ4v) is 2.90. The first-order valence-electron chi connectivity index (χ1n) is 8.59. The molecule has 2 aromatic rings. The number of nitrogens with one attached hydrogen (secondary N) is 2. The summed E-state index contributed by atoms with van der Waals surface area (Å²) in [7, 11) is 0. The Morgan fingerprint density at radius 3 is 2.33 bits per heavy atom. The van der Waals surface area contributed by atoms with Crippen molar-refractivity contribution in [2.24, 2.45) is 0 Å². The predicted octanol–water partition coefficient (Wildman–Crippen LogP) is 5.75. The summed E-state index contributed by atoms with van der Waals surface area (Å²) in [5.74, 6) is 0.673. The van der Waals surface area contributed by atoms with Crippen LogP contribution in [0, 0.1) is 6.92 Å². The number of benzene rings is 1. The monoisotopic (exact) mass is 346 g/mol. The second kappa shape index (κ2) is 8.78. The second-order valence-electron chi connectivity index (χ2n) is 6.12. The minimum absolute atomic E-state index is 0.437. The maximum absolute atomic E-state index is 6.36. The number of hydrogen-bond acceptors (Lipinski definition) is 4. The third kappa shape index (κ3) is 5.03. The molecular formula is C19H27ClN4. The van der Waals surface area contributed by atoms with Crippen LogP contribution in [0.5, 0.6) is 0 Å². The summed E-state index contributed by atoms with van der Waals surface area (Å²) in [5.41, 5.74) is 9.79. The molecule has 0 saturated heterocycles. The van der Waals surface area contributed by atoms with E-state index in [2.05, 4.69) is 29.5 Å². The number of aryl methyl sites for hydroxylation is 1. The summed E-state index contributed by atoms with van der Waals surface area (Å²) in [5, 5.41) is 7.59. The lowest BCUT2D eigenvalue weighted by atomic mass is 10.1. The van der Waals surface area contributed by atoms with Gasteiger partial charge in [-0.3, -0.25) is 0 Å². The highest BCUT2D eigenvalue weighted by atomic mass is 35.5. The van der Waals surface area contributed by atoms with Crippen LogP contribution < -0.4 is 16.4 Å². The molecule has 2 rings (SSSR count). The number of halogens is 1. The number of aromatic nitrogens is 1. The number of nitrogens with zero attached hydrogens (tertiary/aromatic N) is 1. The number of pyridine rings is 1. The van der Waals surface area contributed by atoms with E-state index in [0.717, 1.165) is 42.8 Å². The maximum atomic E-state index is 6.36. The largest absolute Gasteiger partial charge is 0.394 e. The van der Waals surface area contributed by atoms with Crippen LogP contribution in [0.1, 0.15) is 45.2 Å². The van der Waals surface area contributed by atoms with Gasteiger partial charge in [0.15, 0.2) is 5.82 Å². The smallest absolute Gasteiger partial charge is 0.156 e. The van der Waals surface area contributed by atoms with Crippen molar-refractivity contribution in [3.8, 4) is 0 Å². The molecule has 5 heteroatoms. The maximum Gasteiger partial charge on any atom is 0.156 e. The number of rotatable bonds is 8. The Morgan fingerprint density at radius 1 is 1.12 bits per heavy atom. The van der Waals surface area contributed by atoms with Crippen molar-refractivity contribution in [3.63, 3.8) is 0 Å². The summed E-state index contributed by atoms with van der Waals surface area (Å²) < 4.78 is 0.